The van der Waals surface area contributed by atoms with E-state index >= 15 is 0 Å². The number of benzene rings is 2. The van der Waals surface area contributed by atoms with Gasteiger partial charge in [0, 0.05) is 18.5 Å². The van der Waals surface area contributed by atoms with Gasteiger partial charge in [-0.25, -0.2) is 9.48 Å². The van der Waals surface area contributed by atoms with Crippen LogP contribution >= 0.6 is 0 Å². The van der Waals surface area contributed by atoms with E-state index in [0.717, 1.165) is 10.1 Å². The standard InChI is InChI=1S/C22H22N4O5/c1-30-22(29)17-8-4-5-9-18(17)23-19(27)14-26-21(28)16-7-3-2-6-15(16)20(24-26)25-10-12-31-13-11-25/h2-9H,10-14H2,1H3,(H,23,27). The lowest BCUT2D eigenvalue weighted by Gasteiger charge is -2.29. The van der Waals surface area contributed by atoms with E-state index in [1.54, 1.807) is 36.4 Å². The Morgan fingerprint density at radius 2 is 1.74 bits per heavy atom. The first-order valence-corrected chi connectivity index (χ1v) is 9.88. The molecule has 1 aromatic heterocycles. The van der Waals surface area contributed by atoms with Crippen molar-refractivity contribution in [3.05, 3.63) is 64.4 Å². The van der Waals surface area contributed by atoms with Gasteiger partial charge in [-0.05, 0) is 18.2 Å². The Balaban J connectivity index is 1.66. The van der Waals surface area contributed by atoms with Gasteiger partial charge in [0.05, 0.1) is 37.0 Å². The number of esters is 1. The lowest BCUT2D eigenvalue weighted by Crippen LogP contribution is -2.39. The van der Waals surface area contributed by atoms with Gasteiger partial charge >= 0.3 is 5.97 Å². The molecule has 2 aromatic carbocycles. The molecule has 31 heavy (non-hydrogen) atoms. The molecule has 0 unspecified atom stereocenters. The van der Waals surface area contributed by atoms with E-state index in [2.05, 4.69) is 10.4 Å². The molecule has 2 heterocycles. The molecule has 160 valence electrons. The molecule has 4 rings (SSSR count). The second kappa shape index (κ2) is 8.97. The zero-order valence-electron chi connectivity index (χ0n) is 17.0. The number of ether oxygens (including phenoxy) is 2. The summed E-state index contributed by atoms with van der Waals surface area (Å²) in [5.41, 5.74) is 0.178. The molecule has 1 fully saturated rings. The monoisotopic (exact) mass is 422 g/mol. The van der Waals surface area contributed by atoms with Crippen LogP contribution in [-0.4, -0.2) is 55.1 Å². The van der Waals surface area contributed by atoms with E-state index in [-0.39, 0.29) is 17.7 Å². The van der Waals surface area contributed by atoms with Crippen molar-refractivity contribution in [2.75, 3.05) is 43.6 Å². The SMILES string of the molecule is COC(=O)c1ccccc1NC(=O)Cn1nc(N2CCOCC2)c2ccccc2c1=O. The highest BCUT2D eigenvalue weighted by Gasteiger charge is 2.20. The summed E-state index contributed by atoms with van der Waals surface area (Å²) in [6, 6.07) is 13.7. The van der Waals surface area contributed by atoms with Gasteiger partial charge in [0.25, 0.3) is 5.56 Å². The quantitative estimate of drug-likeness (QED) is 0.624. The first-order chi connectivity index (χ1) is 15.1. The van der Waals surface area contributed by atoms with Crippen LogP contribution in [0.2, 0.25) is 0 Å². The number of carbonyl (C=O) groups is 2. The number of morpholine rings is 1. The molecule has 0 atom stereocenters. The van der Waals surface area contributed by atoms with Crippen molar-refractivity contribution >= 4 is 34.2 Å². The van der Waals surface area contributed by atoms with E-state index in [0.29, 0.717) is 43.2 Å². The van der Waals surface area contributed by atoms with Gasteiger partial charge in [0.1, 0.15) is 6.54 Å². The van der Waals surface area contributed by atoms with Gasteiger partial charge in [0.2, 0.25) is 5.91 Å². The fraction of sp³-hybridized carbons (Fsp3) is 0.273. The highest BCUT2D eigenvalue weighted by Crippen LogP contribution is 2.23. The fourth-order valence-electron chi connectivity index (χ4n) is 3.54. The van der Waals surface area contributed by atoms with Gasteiger partial charge < -0.3 is 19.7 Å². The Labute approximate surface area is 178 Å². The zero-order valence-corrected chi connectivity index (χ0v) is 17.0. The molecule has 9 heteroatoms. The van der Waals surface area contributed by atoms with Gasteiger partial charge in [-0.3, -0.25) is 9.59 Å². The summed E-state index contributed by atoms with van der Waals surface area (Å²) in [7, 11) is 1.27. The fourth-order valence-corrected chi connectivity index (χ4v) is 3.54. The molecular formula is C22H22N4O5. The Kier molecular flexibility index (Phi) is 5.94. The molecule has 0 radical (unpaired) electrons. The van der Waals surface area contributed by atoms with Crippen molar-refractivity contribution < 1.29 is 19.1 Å². The minimum Gasteiger partial charge on any atom is -0.465 e. The number of aromatic nitrogens is 2. The van der Waals surface area contributed by atoms with Gasteiger partial charge in [-0.2, -0.15) is 5.10 Å². The molecule has 1 aliphatic heterocycles. The summed E-state index contributed by atoms with van der Waals surface area (Å²) in [6.45, 7) is 2.14. The van der Waals surface area contributed by atoms with Crippen molar-refractivity contribution in [1.29, 1.82) is 0 Å². The summed E-state index contributed by atoms with van der Waals surface area (Å²) < 4.78 is 11.3. The van der Waals surface area contributed by atoms with Crippen LogP contribution < -0.4 is 15.8 Å². The van der Waals surface area contributed by atoms with E-state index in [4.69, 9.17) is 9.47 Å². The average molecular weight is 422 g/mol. The van der Waals surface area contributed by atoms with Gasteiger partial charge in [0.15, 0.2) is 5.82 Å². The molecule has 0 saturated carbocycles. The summed E-state index contributed by atoms with van der Waals surface area (Å²) in [4.78, 5) is 39.7. The Morgan fingerprint density at radius 3 is 2.48 bits per heavy atom. The minimum absolute atomic E-state index is 0.228. The van der Waals surface area contributed by atoms with Crippen LogP contribution in [0.25, 0.3) is 10.8 Å². The number of fused-ring (bicyclic) bond motifs is 1. The number of nitrogens with zero attached hydrogens (tertiary/aromatic N) is 3. The number of carbonyl (C=O) groups excluding carboxylic acids is 2. The Hall–Kier alpha value is -3.72. The van der Waals surface area contributed by atoms with Crippen LogP contribution in [0.5, 0.6) is 0 Å². The maximum absolute atomic E-state index is 13.0. The number of amides is 1. The van der Waals surface area contributed by atoms with Crippen molar-refractivity contribution in [3.63, 3.8) is 0 Å². The molecule has 1 amide bonds. The number of nitrogens with one attached hydrogen (secondary N) is 1. The number of methoxy groups -OCH3 is 1. The predicted molar refractivity (Wildman–Crippen MR) is 115 cm³/mol. The zero-order chi connectivity index (χ0) is 21.8. The lowest BCUT2D eigenvalue weighted by atomic mass is 10.1. The second-order valence-corrected chi connectivity index (χ2v) is 7.02. The highest BCUT2D eigenvalue weighted by atomic mass is 16.5. The number of para-hydroxylation sites is 1. The second-order valence-electron chi connectivity index (χ2n) is 7.02. The topological polar surface area (TPSA) is 103 Å². The molecule has 0 spiro atoms. The number of rotatable bonds is 5. The van der Waals surface area contributed by atoms with Crippen LogP contribution in [0, 0.1) is 0 Å². The Morgan fingerprint density at radius 1 is 1.06 bits per heavy atom. The normalized spacial score (nSPS) is 13.8. The lowest BCUT2D eigenvalue weighted by molar-refractivity contribution is -0.117. The van der Waals surface area contributed by atoms with Crippen molar-refractivity contribution in [3.8, 4) is 0 Å². The summed E-state index contributed by atoms with van der Waals surface area (Å²) in [5, 5.41) is 8.40. The maximum atomic E-state index is 13.0. The van der Waals surface area contributed by atoms with Crippen LogP contribution in [0.1, 0.15) is 10.4 Å². The van der Waals surface area contributed by atoms with Crippen LogP contribution in [0.15, 0.2) is 53.3 Å². The van der Waals surface area contributed by atoms with Gasteiger partial charge in [-0.1, -0.05) is 30.3 Å². The number of anilines is 2. The minimum atomic E-state index is -0.563. The summed E-state index contributed by atoms with van der Waals surface area (Å²) in [6.07, 6.45) is 0. The van der Waals surface area contributed by atoms with Crippen molar-refractivity contribution in [2.45, 2.75) is 6.54 Å². The molecule has 0 bridgehead atoms. The maximum Gasteiger partial charge on any atom is 0.339 e. The summed E-state index contributed by atoms with van der Waals surface area (Å²) in [5.74, 6) is -0.401. The predicted octanol–water partition coefficient (Wildman–Crippen LogP) is 1.66. The first-order valence-electron chi connectivity index (χ1n) is 9.88. The third kappa shape index (κ3) is 4.26. The molecule has 0 aliphatic carbocycles. The highest BCUT2D eigenvalue weighted by molar-refractivity contribution is 6.01. The van der Waals surface area contributed by atoms with Gasteiger partial charge in [-0.15, -0.1) is 0 Å². The largest absolute Gasteiger partial charge is 0.465 e. The number of hydrogen-bond acceptors (Lipinski definition) is 7. The van der Waals surface area contributed by atoms with E-state index in [9.17, 15) is 14.4 Å². The van der Waals surface area contributed by atoms with E-state index < -0.39 is 11.9 Å². The first kappa shape index (κ1) is 20.5. The molecular weight excluding hydrogens is 400 g/mol. The smallest absolute Gasteiger partial charge is 0.339 e. The van der Waals surface area contributed by atoms with Crippen LogP contribution in [0.3, 0.4) is 0 Å². The molecule has 3 aromatic rings. The third-order valence-corrected chi connectivity index (χ3v) is 5.06. The average Bonchev–Trinajstić information content (AvgIpc) is 2.81. The molecule has 1 aliphatic rings. The summed E-state index contributed by atoms with van der Waals surface area (Å²) >= 11 is 0. The molecule has 9 nitrogen and oxygen atoms in total. The van der Waals surface area contributed by atoms with Crippen LogP contribution in [0.4, 0.5) is 11.5 Å². The third-order valence-electron chi connectivity index (χ3n) is 5.06. The van der Waals surface area contributed by atoms with E-state index in [1.807, 2.05) is 17.0 Å². The van der Waals surface area contributed by atoms with Crippen molar-refractivity contribution in [2.24, 2.45) is 0 Å². The molecule has 1 saturated heterocycles. The van der Waals surface area contributed by atoms with Crippen molar-refractivity contribution in [1.82, 2.24) is 9.78 Å². The number of hydrogen-bond donors (Lipinski definition) is 1. The molecule has 1 N–H and O–H groups in total. The van der Waals surface area contributed by atoms with E-state index in [1.165, 1.54) is 7.11 Å². The van der Waals surface area contributed by atoms with Crippen LogP contribution in [-0.2, 0) is 20.8 Å². The Bertz CT molecular complexity index is 1180.